The normalized spacial score (nSPS) is 11.3. The number of esters is 1. The predicted molar refractivity (Wildman–Crippen MR) is 88.5 cm³/mol. The van der Waals surface area contributed by atoms with Gasteiger partial charge in [0.15, 0.2) is 0 Å². The molecule has 1 heterocycles. The maximum atomic E-state index is 12.2. The van der Waals surface area contributed by atoms with Gasteiger partial charge in [0.05, 0.1) is 24.7 Å². The fourth-order valence-corrected chi connectivity index (χ4v) is 2.50. The van der Waals surface area contributed by atoms with Gasteiger partial charge in [-0.15, -0.1) is 0 Å². The Kier molecular flexibility index (Phi) is 6.52. The number of aryl methyl sites for hydroxylation is 1. The average molecular weight is 381 g/mol. The van der Waals surface area contributed by atoms with Crippen LogP contribution >= 0.6 is 0 Å². The van der Waals surface area contributed by atoms with Crippen molar-refractivity contribution in [3.05, 3.63) is 35.7 Å². The molecule has 2 N–H and O–H groups in total. The molecule has 12 heteroatoms. The van der Waals surface area contributed by atoms with Crippen LogP contribution in [0.25, 0.3) is 0 Å². The molecule has 26 heavy (non-hydrogen) atoms. The maximum absolute atomic E-state index is 12.2. The Bertz CT molecular complexity index is 846. The number of nitrogens with zero attached hydrogens (tertiary/aromatic N) is 3. The minimum absolute atomic E-state index is 0.0179. The summed E-state index contributed by atoms with van der Waals surface area (Å²) in [5, 5.41) is 2.27. The Morgan fingerprint density at radius 1 is 1.12 bits per heavy atom. The highest BCUT2D eigenvalue weighted by Crippen LogP contribution is 2.15. The zero-order chi connectivity index (χ0) is 19.1. The molecule has 2 aromatic rings. The van der Waals surface area contributed by atoms with Crippen molar-refractivity contribution in [3.63, 3.8) is 0 Å². The fraction of sp³-hybridized carbons (Fsp3) is 0.214. The number of hydrogen-bond donors (Lipinski definition) is 2. The zero-order valence-corrected chi connectivity index (χ0v) is 14.8. The molecule has 1 unspecified atom stereocenters. The van der Waals surface area contributed by atoms with E-state index in [2.05, 4.69) is 25.0 Å². The van der Waals surface area contributed by atoms with E-state index in [0.29, 0.717) is 5.82 Å². The van der Waals surface area contributed by atoms with Crippen LogP contribution in [0.5, 0.6) is 6.01 Å². The van der Waals surface area contributed by atoms with Crippen LogP contribution in [0.2, 0.25) is 0 Å². The van der Waals surface area contributed by atoms with Crippen molar-refractivity contribution in [2.45, 2.75) is 11.8 Å². The van der Waals surface area contributed by atoms with Gasteiger partial charge in [-0.2, -0.15) is 19.2 Å². The number of hydrogen-bond acceptors (Lipinski definition) is 9. The van der Waals surface area contributed by atoms with E-state index in [4.69, 9.17) is 9.02 Å². The first-order chi connectivity index (χ1) is 12.4. The van der Waals surface area contributed by atoms with Crippen molar-refractivity contribution >= 4 is 29.0 Å². The molecular weight excluding hydrogens is 366 g/mol. The van der Waals surface area contributed by atoms with Gasteiger partial charge in [0.25, 0.3) is 0 Å². The third-order valence-corrected chi connectivity index (χ3v) is 3.77. The van der Waals surface area contributed by atoms with Gasteiger partial charge in [-0.3, -0.25) is 5.32 Å². The topological polar surface area (TPSA) is 142 Å². The second kappa shape index (κ2) is 8.82. The Balaban J connectivity index is 2.01. The number of carbonyl (C=O) groups excluding carboxylic acids is 2. The molecule has 0 saturated heterocycles. The molecule has 2 rings (SSSR count). The second-order valence-electron chi connectivity index (χ2n) is 4.55. The van der Waals surface area contributed by atoms with Crippen molar-refractivity contribution < 1.29 is 27.6 Å². The summed E-state index contributed by atoms with van der Waals surface area (Å²) in [7, 11) is 2.56. The molecular formula is C14H15N5O6S. The molecule has 0 aliphatic rings. The van der Waals surface area contributed by atoms with E-state index in [1.165, 1.54) is 26.4 Å². The van der Waals surface area contributed by atoms with Crippen LogP contribution in [0, 0.1) is 6.92 Å². The molecule has 1 atom stereocenters. The lowest BCUT2D eigenvalue weighted by atomic mass is 10.2. The molecule has 0 saturated carbocycles. The van der Waals surface area contributed by atoms with Crippen LogP contribution in [-0.4, -0.2) is 45.4 Å². The smallest absolute Gasteiger partial charge is 0.346 e. The number of urea groups is 1. The van der Waals surface area contributed by atoms with E-state index in [-0.39, 0.29) is 22.4 Å². The summed E-state index contributed by atoms with van der Waals surface area (Å²) in [6.45, 7) is 1.59. The molecule has 1 aromatic heterocycles. The number of carbonyl (C=O) groups is 2. The third-order valence-electron chi connectivity index (χ3n) is 2.82. The van der Waals surface area contributed by atoms with Crippen LogP contribution in [0.1, 0.15) is 16.2 Å². The molecule has 0 radical (unpaired) electrons. The summed E-state index contributed by atoms with van der Waals surface area (Å²) >= 11 is -2.16. The quantitative estimate of drug-likeness (QED) is 0.547. The van der Waals surface area contributed by atoms with Gasteiger partial charge in [-0.05, 0) is 19.1 Å². The van der Waals surface area contributed by atoms with E-state index in [0.717, 1.165) is 0 Å². The van der Waals surface area contributed by atoms with Gasteiger partial charge in [-0.25, -0.2) is 19.3 Å². The van der Waals surface area contributed by atoms with Gasteiger partial charge in [-0.1, -0.05) is 12.1 Å². The van der Waals surface area contributed by atoms with E-state index < -0.39 is 23.1 Å². The molecule has 11 nitrogen and oxygen atoms in total. The number of ether oxygens (including phenoxy) is 2. The highest BCUT2D eigenvalue weighted by atomic mass is 32.2. The molecule has 0 aliphatic carbocycles. The first-order valence-electron chi connectivity index (χ1n) is 7.04. The molecule has 138 valence electrons. The first-order valence-corrected chi connectivity index (χ1v) is 8.12. The van der Waals surface area contributed by atoms with Crippen molar-refractivity contribution in [3.8, 4) is 6.01 Å². The van der Waals surface area contributed by atoms with Crippen LogP contribution in [-0.2, 0) is 20.1 Å². The van der Waals surface area contributed by atoms with Crippen LogP contribution in [0.15, 0.2) is 29.2 Å². The van der Waals surface area contributed by atoms with Crippen molar-refractivity contribution in [1.82, 2.24) is 20.4 Å². The van der Waals surface area contributed by atoms with Crippen LogP contribution < -0.4 is 15.5 Å². The van der Waals surface area contributed by atoms with Crippen LogP contribution in [0.3, 0.4) is 0 Å². The summed E-state index contributed by atoms with van der Waals surface area (Å²) in [5.74, 6) is -0.449. The largest absolute Gasteiger partial charge is 0.467 e. The highest BCUT2D eigenvalue weighted by Gasteiger charge is 2.18. The average Bonchev–Trinajstić information content (AvgIpc) is 2.64. The first kappa shape index (κ1) is 19.2. The van der Waals surface area contributed by atoms with Gasteiger partial charge >= 0.3 is 18.0 Å². The monoisotopic (exact) mass is 381 g/mol. The van der Waals surface area contributed by atoms with Gasteiger partial charge in [0.2, 0.25) is 17.0 Å². The minimum atomic E-state index is -2.16. The lowest BCUT2D eigenvalue weighted by Crippen LogP contribution is -2.30. The molecule has 2 amide bonds. The van der Waals surface area contributed by atoms with Crippen LogP contribution in [0.4, 0.5) is 10.7 Å². The fourth-order valence-electron chi connectivity index (χ4n) is 1.74. The van der Waals surface area contributed by atoms with E-state index in [1.54, 1.807) is 19.1 Å². The second-order valence-corrected chi connectivity index (χ2v) is 5.63. The van der Waals surface area contributed by atoms with E-state index in [9.17, 15) is 13.8 Å². The molecule has 0 aliphatic heterocycles. The lowest BCUT2D eigenvalue weighted by Gasteiger charge is -2.09. The van der Waals surface area contributed by atoms with E-state index >= 15 is 0 Å². The number of nitrogens with one attached hydrogen (secondary N) is 2. The van der Waals surface area contributed by atoms with Gasteiger partial charge in [0.1, 0.15) is 5.82 Å². The lowest BCUT2D eigenvalue weighted by molar-refractivity contribution is 0.0596. The maximum Gasteiger partial charge on any atom is 0.346 e. The highest BCUT2D eigenvalue weighted by molar-refractivity contribution is 7.80. The summed E-state index contributed by atoms with van der Waals surface area (Å²) < 4.78 is 26.4. The SMILES string of the molecule is COC(=O)c1ccccc1S(=O)ONC(=O)Nc1nc(C)nc(OC)n1. The predicted octanol–water partition coefficient (Wildman–Crippen LogP) is 0.751. The van der Waals surface area contributed by atoms with Gasteiger partial charge < -0.3 is 9.47 Å². The Hall–Kier alpha value is -3.12. The van der Waals surface area contributed by atoms with E-state index in [1.807, 2.05) is 5.48 Å². The molecule has 0 fully saturated rings. The number of anilines is 1. The summed E-state index contributed by atoms with van der Waals surface area (Å²) in [5.41, 5.74) is 1.98. The van der Waals surface area contributed by atoms with Gasteiger partial charge in [0, 0.05) is 0 Å². The number of rotatable bonds is 6. The van der Waals surface area contributed by atoms with Crippen molar-refractivity contribution in [2.75, 3.05) is 19.5 Å². The van der Waals surface area contributed by atoms with Crippen molar-refractivity contribution in [2.24, 2.45) is 0 Å². The number of methoxy groups -OCH3 is 2. The number of aromatic nitrogens is 3. The molecule has 1 aromatic carbocycles. The minimum Gasteiger partial charge on any atom is -0.467 e. The Labute approximate surface area is 150 Å². The van der Waals surface area contributed by atoms with Crippen molar-refractivity contribution in [1.29, 1.82) is 0 Å². The zero-order valence-electron chi connectivity index (χ0n) is 14.0. The summed E-state index contributed by atoms with van der Waals surface area (Å²) in [6.07, 6.45) is 0. The summed E-state index contributed by atoms with van der Waals surface area (Å²) in [4.78, 5) is 35.1. The Morgan fingerprint density at radius 2 is 1.85 bits per heavy atom. The third kappa shape index (κ3) is 4.94. The number of amides is 2. The number of hydroxylamine groups is 1. The number of benzene rings is 1. The standard InChI is InChI=1S/C14H15N5O6S/c1-8-15-12(18-14(16-8)24-3)17-13(21)19-25-26(22)10-7-5-4-6-9(10)11(20)23-2/h4-7H,1-3H3,(H2,15,16,17,18,19,21). The molecule has 0 bridgehead atoms. The molecule has 0 spiro atoms. The Morgan fingerprint density at radius 3 is 2.54 bits per heavy atom. The summed E-state index contributed by atoms with van der Waals surface area (Å²) in [6, 6.07) is 5.09.